The van der Waals surface area contributed by atoms with E-state index in [1.54, 1.807) is 11.1 Å². The van der Waals surface area contributed by atoms with Crippen LogP contribution in [-0.2, 0) is 14.3 Å². The number of aromatic nitrogens is 5. The zero-order valence-corrected chi connectivity index (χ0v) is 30.5. The average Bonchev–Trinajstić information content (AvgIpc) is 3.94. The minimum absolute atomic E-state index is 0.103. The molecule has 0 spiro atoms. The van der Waals surface area contributed by atoms with Crippen molar-refractivity contribution in [1.82, 2.24) is 40.0 Å². The van der Waals surface area contributed by atoms with E-state index in [1.165, 1.54) is 7.11 Å². The van der Waals surface area contributed by atoms with Gasteiger partial charge >= 0.3 is 12.2 Å². The molecule has 272 valence electrons. The Hall–Kier alpha value is -5.46. The first-order valence-corrected chi connectivity index (χ1v) is 18.0. The molecular formula is C39H46N8O5. The molecule has 0 unspecified atom stereocenters. The van der Waals surface area contributed by atoms with Crippen molar-refractivity contribution in [2.75, 3.05) is 20.2 Å². The van der Waals surface area contributed by atoms with E-state index in [0.717, 1.165) is 81.8 Å². The van der Waals surface area contributed by atoms with E-state index in [4.69, 9.17) is 19.4 Å². The number of ether oxygens (including phenoxy) is 2. The normalized spacial score (nSPS) is 18.4. The molecule has 0 bridgehead atoms. The molecule has 3 atom stereocenters. The van der Waals surface area contributed by atoms with E-state index in [1.807, 2.05) is 57.7 Å². The van der Waals surface area contributed by atoms with Gasteiger partial charge in [-0.25, -0.2) is 24.5 Å². The fraction of sp³-hybridized carbons (Fsp3) is 0.436. The first-order valence-electron chi connectivity index (χ1n) is 18.0. The number of fused-ring (bicyclic) bond motifs is 2. The number of pyridine rings is 1. The highest BCUT2D eigenvalue weighted by atomic mass is 16.6. The maximum atomic E-state index is 13.6. The van der Waals surface area contributed by atoms with Crippen molar-refractivity contribution in [3.8, 4) is 22.5 Å². The fourth-order valence-electron chi connectivity index (χ4n) is 7.24. The molecule has 2 fully saturated rings. The summed E-state index contributed by atoms with van der Waals surface area (Å²) < 4.78 is 10.4. The Kier molecular flexibility index (Phi) is 9.36. The smallest absolute Gasteiger partial charge is 0.410 e. The molecule has 13 heteroatoms. The molecule has 2 aliphatic rings. The second kappa shape index (κ2) is 13.9. The number of nitrogens with zero attached hydrogens (tertiary/aromatic N) is 5. The third-order valence-corrected chi connectivity index (χ3v) is 9.83. The SMILES string of the molecule is COC(=O)N[C@H](C(=O)N1CCC[C@H]1c1nc2ccc(-c3ccc4nc(-c5cnc([C@@H]6CCCN6C(=O)OC(C)(C)C)[nH]5)ccc4c3)cc2[nH]1)C(C)C. The van der Waals surface area contributed by atoms with Gasteiger partial charge in [0, 0.05) is 18.5 Å². The standard InChI is InChI=1S/C39H46N8O5/c1-22(2)33(45-37(49)51-6)36(48)46-17-7-10-32(46)35-42-27-15-12-24(20-29(27)43-35)23-11-14-26-25(19-23)13-16-28(41-26)30-21-40-34(44-30)31-9-8-18-47(31)38(50)52-39(3,4)5/h11-16,19-22,31-33H,7-10,17-18H2,1-6H3,(H,40,44)(H,42,43)(H,45,49)/t31-,32-,33-/m0/s1. The molecule has 5 heterocycles. The van der Waals surface area contributed by atoms with Crippen LogP contribution in [0.3, 0.4) is 0 Å². The first-order chi connectivity index (χ1) is 24.9. The Morgan fingerprint density at radius 1 is 0.865 bits per heavy atom. The van der Waals surface area contributed by atoms with Gasteiger partial charge in [-0.1, -0.05) is 32.0 Å². The van der Waals surface area contributed by atoms with E-state index in [9.17, 15) is 14.4 Å². The van der Waals surface area contributed by atoms with Crippen LogP contribution in [0.1, 0.15) is 84.0 Å². The number of likely N-dealkylation sites (tertiary alicyclic amines) is 2. The van der Waals surface area contributed by atoms with Gasteiger partial charge in [0.1, 0.15) is 23.3 Å². The number of imidazole rings is 2. The van der Waals surface area contributed by atoms with Crippen LogP contribution in [0.2, 0.25) is 0 Å². The molecule has 13 nitrogen and oxygen atoms in total. The summed E-state index contributed by atoms with van der Waals surface area (Å²) in [6.45, 7) is 10.7. The maximum absolute atomic E-state index is 13.6. The number of carbonyl (C=O) groups is 3. The third kappa shape index (κ3) is 7.04. The van der Waals surface area contributed by atoms with E-state index >= 15 is 0 Å². The van der Waals surface area contributed by atoms with Crippen molar-refractivity contribution in [1.29, 1.82) is 0 Å². The molecule has 0 aliphatic carbocycles. The summed E-state index contributed by atoms with van der Waals surface area (Å²) in [5, 5.41) is 3.70. The minimum atomic E-state index is -0.687. The van der Waals surface area contributed by atoms with Crippen LogP contribution in [-0.4, -0.2) is 84.7 Å². The number of rotatable bonds is 7. The lowest BCUT2D eigenvalue weighted by Crippen LogP contribution is -2.51. The van der Waals surface area contributed by atoms with E-state index in [2.05, 4.69) is 50.6 Å². The lowest BCUT2D eigenvalue weighted by Gasteiger charge is -2.29. The predicted octanol–water partition coefficient (Wildman–Crippen LogP) is 7.28. The van der Waals surface area contributed by atoms with Crippen molar-refractivity contribution in [3.05, 3.63) is 66.4 Å². The van der Waals surface area contributed by atoms with Crippen molar-refractivity contribution in [2.45, 2.75) is 84.0 Å². The number of hydrogen-bond acceptors (Lipinski definition) is 8. The van der Waals surface area contributed by atoms with Crippen LogP contribution in [0.5, 0.6) is 0 Å². The number of hydrogen-bond donors (Lipinski definition) is 3. The Balaban J connectivity index is 1.08. The predicted molar refractivity (Wildman–Crippen MR) is 197 cm³/mol. The number of methoxy groups -OCH3 is 1. The van der Waals surface area contributed by atoms with Gasteiger partial charge in [0.05, 0.1) is 53.3 Å². The van der Waals surface area contributed by atoms with Gasteiger partial charge < -0.3 is 29.7 Å². The molecule has 2 aromatic carbocycles. The number of alkyl carbamates (subject to hydrolysis) is 1. The number of H-pyrrole nitrogens is 2. The zero-order valence-electron chi connectivity index (χ0n) is 30.5. The Morgan fingerprint density at radius 2 is 1.56 bits per heavy atom. The Bertz CT molecular complexity index is 2130. The first kappa shape index (κ1) is 35.0. The van der Waals surface area contributed by atoms with Gasteiger partial charge in [0.15, 0.2) is 0 Å². The lowest BCUT2D eigenvalue weighted by atomic mass is 10.0. The summed E-state index contributed by atoms with van der Waals surface area (Å²) in [6, 6.07) is 15.3. The number of benzene rings is 2. The Morgan fingerprint density at radius 3 is 2.27 bits per heavy atom. The number of aromatic amines is 2. The number of carbonyl (C=O) groups excluding carboxylic acids is 3. The van der Waals surface area contributed by atoms with Crippen LogP contribution >= 0.6 is 0 Å². The van der Waals surface area contributed by atoms with E-state index in [-0.39, 0.29) is 30.0 Å². The molecule has 3 aromatic heterocycles. The van der Waals surface area contributed by atoms with Crippen molar-refractivity contribution in [3.63, 3.8) is 0 Å². The largest absolute Gasteiger partial charge is 0.453 e. The highest BCUT2D eigenvalue weighted by Crippen LogP contribution is 2.35. The van der Waals surface area contributed by atoms with Gasteiger partial charge in [-0.3, -0.25) is 9.69 Å². The summed E-state index contributed by atoms with van der Waals surface area (Å²) >= 11 is 0. The fourth-order valence-corrected chi connectivity index (χ4v) is 7.24. The summed E-state index contributed by atoms with van der Waals surface area (Å²) in [4.78, 5) is 63.3. The van der Waals surface area contributed by atoms with Crippen LogP contribution in [0, 0.1) is 5.92 Å². The van der Waals surface area contributed by atoms with Crippen LogP contribution in [0.4, 0.5) is 9.59 Å². The molecule has 2 saturated heterocycles. The summed E-state index contributed by atoms with van der Waals surface area (Å²) in [7, 11) is 1.29. The number of nitrogens with one attached hydrogen (secondary N) is 3. The maximum Gasteiger partial charge on any atom is 0.410 e. The van der Waals surface area contributed by atoms with Crippen LogP contribution < -0.4 is 5.32 Å². The van der Waals surface area contributed by atoms with Gasteiger partial charge in [0.2, 0.25) is 5.91 Å². The Labute approximate surface area is 302 Å². The summed E-state index contributed by atoms with van der Waals surface area (Å²) in [5.74, 6) is 1.23. The summed E-state index contributed by atoms with van der Waals surface area (Å²) in [5.41, 5.74) is 5.63. The lowest BCUT2D eigenvalue weighted by molar-refractivity contribution is -0.135. The monoisotopic (exact) mass is 706 g/mol. The molecule has 3 amide bonds. The quantitative estimate of drug-likeness (QED) is 0.159. The molecule has 7 rings (SSSR count). The molecule has 2 aliphatic heterocycles. The van der Waals surface area contributed by atoms with Crippen molar-refractivity contribution >= 4 is 40.0 Å². The molecule has 0 saturated carbocycles. The van der Waals surface area contributed by atoms with Crippen molar-refractivity contribution in [2.24, 2.45) is 5.92 Å². The van der Waals surface area contributed by atoms with Gasteiger partial charge in [-0.05, 0) is 93.8 Å². The molecule has 52 heavy (non-hydrogen) atoms. The topological polar surface area (TPSA) is 158 Å². The van der Waals surface area contributed by atoms with E-state index < -0.39 is 17.7 Å². The highest BCUT2D eigenvalue weighted by Gasteiger charge is 2.38. The van der Waals surface area contributed by atoms with E-state index in [0.29, 0.717) is 13.1 Å². The molecule has 0 radical (unpaired) electrons. The molecule has 5 aromatic rings. The van der Waals surface area contributed by atoms with Crippen molar-refractivity contribution < 1.29 is 23.9 Å². The molecular weight excluding hydrogens is 660 g/mol. The van der Waals surface area contributed by atoms with Gasteiger partial charge in [-0.15, -0.1) is 0 Å². The number of amides is 3. The third-order valence-electron chi connectivity index (χ3n) is 9.83. The van der Waals surface area contributed by atoms with Gasteiger partial charge in [0.25, 0.3) is 0 Å². The molecule has 3 N–H and O–H groups in total. The summed E-state index contributed by atoms with van der Waals surface area (Å²) in [6.07, 6.45) is 4.18. The minimum Gasteiger partial charge on any atom is -0.453 e. The second-order valence-corrected chi connectivity index (χ2v) is 15.0. The second-order valence-electron chi connectivity index (χ2n) is 15.0. The van der Waals surface area contributed by atoms with Gasteiger partial charge in [-0.2, -0.15) is 0 Å². The highest BCUT2D eigenvalue weighted by molar-refractivity contribution is 5.89. The average molecular weight is 707 g/mol. The zero-order chi connectivity index (χ0) is 36.7. The van der Waals surface area contributed by atoms with Crippen LogP contribution in [0.15, 0.2) is 54.7 Å². The van der Waals surface area contributed by atoms with Crippen LogP contribution in [0.25, 0.3) is 44.5 Å².